The molecule has 0 spiro atoms. The van der Waals surface area contributed by atoms with Gasteiger partial charge >= 0.3 is 5.97 Å². The molecule has 2 rings (SSSR count). The minimum absolute atomic E-state index is 0.00300. The number of thioether (sulfide) groups is 1. The second-order valence-corrected chi connectivity index (χ2v) is 6.08. The Kier molecular flexibility index (Phi) is 4.52. The van der Waals surface area contributed by atoms with Crippen LogP contribution >= 0.6 is 11.8 Å². The highest BCUT2D eigenvalue weighted by Gasteiger charge is 2.32. The quantitative estimate of drug-likeness (QED) is 0.879. The molecule has 6 nitrogen and oxygen atoms in total. The predicted molar refractivity (Wildman–Crippen MR) is 78.7 cm³/mol. The highest BCUT2D eigenvalue weighted by Crippen LogP contribution is 2.31. The normalized spacial score (nSPS) is 18.0. The SMILES string of the molecule is CC(=O)SCC1CC(=O)N(c2ccc(O)cc2C(=O)O)C1. The fourth-order valence-electron chi connectivity index (χ4n) is 2.29. The lowest BCUT2D eigenvalue weighted by Gasteiger charge is -2.19. The van der Waals surface area contributed by atoms with Gasteiger partial charge in [-0.3, -0.25) is 9.59 Å². The molecule has 0 saturated carbocycles. The number of nitrogens with zero attached hydrogens (tertiary/aromatic N) is 1. The summed E-state index contributed by atoms with van der Waals surface area (Å²) < 4.78 is 0. The van der Waals surface area contributed by atoms with Crippen LogP contribution in [-0.2, 0) is 9.59 Å². The molecule has 0 aliphatic carbocycles. The second kappa shape index (κ2) is 6.17. The number of carbonyl (C=O) groups is 3. The van der Waals surface area contributed by atoms with Gasteiger partial charge in [-0.05, 0) is 24.1 Å². The molecule has 112 valence electrons. The summed E-state index contributed by atoms with van der Waals surface area (Å²) in [4.78, 5) is 35.7. The molecule has 2 N–H and O–H groups in total. The van der Waals surface area contributed by atoms with Crippen LogP contribution in [0.25, 0.3) is 0 Å². The number of amides is 1. The Morgan fingerprint density at radius 1 is 1.43 bits per heavy atom. The second-order valence-electron chi connectivity index (χ2n) is 4.88. The molecule has 7 heteroatoms. The first kappa shape index (κ1) is 15.4. The van der Waals surface area contributed by atoms with E-state index in [-0.39, 0.29) is 33.9 Å². The van der Waals surface area contributed by atoms with E-state index in [1.165, 1.54) is 35.7 Å². The Hall–Kier alpha value is -2.02. The number of carboxylic acid groups (broad SMARTS) is 1. The minimum atomic E-state index is -1.20. The van der Waals surface area contributed by atoms with Crippen molar-refractivity contribution >= 4 is 34.4 Å². The molecule has 1 aliphatic heterocycles. The zero-order valence-corrected chi connectivity index (χ0v) is 12.2. The Bertz CT molecular complexity index is 601. The molecule has 1 fully saturated rings. The number of hydrogen-bond acceptors (Lipinski definition) is 5. The Morgan fingerprint density at radius 3 is 2.76 bits per heavy atom. The van der Waals surface area contributed by atoms with Gasteiger partial charge in [0.15, 0.2) is 5.12 Å². The summed E-state index contributed by atoms with van der Waals surface area (Å²) in [5.41, 5.74) is 0.170. The van der Waals surface area contributed by atoms with E-state index in [2.05, 4.69) is 0 Å². The fraction of sp³-hybridized carbons (Fsp3) is 0.357. The standard InChI is InChI=1S/C14H15NO5S/c1-8(16)21-7-9-4-13(18)15(6-9)12-3-2-10(17)5-11(12)14(19)20/h2-3,5,9,17H,4,6-7H2,1H3,(H,19,20). The number of benzene rings is 1. The van der Waals surface area contributed by atoms with Gasteiger partial charge in [-0.1, -0.05) is 11.8 Å². The van der Waals surface area contributed by atoms with E-state index in [9.17, 15) is 24.6 Å². The van der Waals surface area contributed by atoms with Crippen molar-refractivity contribution in [3.8, 4) is 5.75 Å². The van der Waals surface area contributed by atoms with Gasteiger partial charge in [0, 0.05) is 25.6 Å². The first-order valence-electron chi connectivity index (χ1n) is 6.38. The summed E-state index contributed by atoms with van der Waals surface area (Å²) >= 11 is 1.17. The first-order chi connectivity index (χ1) is 9.88. The summed E-state index contributed by atoms with van der Waals surface area (Å²) in [5, 5.41) is 18.6. The lowest BCUT2D eigenvalue weighted by atomic mass is 10.1. The van der Waals surface area contributed by atoms with Gasteiger partial charge in [0.05, 0.1) is 11.3 Å². The number of carboxylic acids is 1. The van der Waals surface area contributed by atoms with E-state index in [0.717, 1.165) is 6.07 Å². The highest BCUT2D eigenvalue weighted by molar-refractivity contribution is 8.13. The van der Waals surface area contributed by atoms with Crippen LogP contribution in [-0.4, -0.2) is 39.5 Å². The molecule has 1 aromatic carbocycles. The third-order valence-electron chi connectivity index (χ3n) is 3.23. The maximum atomic E-state index is 12.1. The zero-order valence-electron chi connectivity index (χ0n) is 11.4. The van der Waals surface area contributed by atoms with E-state index in [4.69, 9.17) is 0 Å². The monoisotopic (exact) mass is 309 g/mol. The predicted octanol–water partition coefficient (Wildman–Crippen LogP) is 1.72. The fourth-order valence-corrected chi connectivity index (χ4v) is 2.99. The summed E-state index contributed by atoms with van der Waals surface area (Å²) in [5.74, 6) is -0.973. The number of phenols is 1. The number of carbonyl (C=O) groups excluding carboxylic acids is 2. The van der Waals surface area contributed by atoms with Crippen molar-refractivity contribution in [3.63, 3.8) is 0 Å². The highest BCUT2D eigenvalue weighted by atomic mass is 32.2. The third-order valence-corrected chi connectivity index (χ3v) is 4.27. The number of phenolic OH excluding ortho intramolecular Hbond substituents is 1. The van der Waals surface area contributed by atoms with Crippen LogP contribution in [0.1, 0.15) is 23.7 Å². The van der Waals surface area contributed by atoms with Gasteiger partial charge in [-0.15, -0.1) is 0 Å². The van der Waals surface area contributed by atoms with E-state index in [1.807, 2.05) is 0 Å². The molecule has 0 radical (unpaired) electrons. The smallest absolute Gasteiger partial charge is 0.337 e. The average molecular weight is 309 g/mol. The molecule has 1 amide bonds. The van der Waals surface area contributed by atoms with Gasteiger partial charge in [0.2, 0.25) is 5.91 Å². The van der Waals surface area contributed by atoms with Crippen molar-refractivity contribution in [2.24, 2.45) is 5.92 Å². The van der Waals surface area contributed by atoms with Crippen LogP contribution in [0.3, 0.4) is 0 Å². The molecular weight excluding hydrogens is 294 g/mol. The van der Waals surface area contributed by atoms with Gasteiger partial charge in [0.25, 0.3) is 0 Å². The van der Waals surface area contributed by atoms with Gasteiger partial charge in [-0.2, -0.15) is 0 Å². The topological polar surface area (TPSA) is 94.9 Å². The number of aromatic hydroxyl groups is 1. The maximum Gasteiger partial charge on any atom is 0.337 e. The van der Waals surface area contributed by atoms with Crippen molar-refractivity contribution in [3.05, 3.63) is 23.8 Å². The van der Waals surface area contributed by atoms with E-state index < -0.39 is 5.97 Å². The van der Waals surface area contributed by atoms with Crippen LogP contribution in [0.15, 0.2) is 18.2 Å². The summed E-state index contributed by atoms with van der Waals surface area (Å²) in [7, 11) is 0. The van der Waals surface area contributed by atoms with Crippen LogP contribution in [0.4, 0.5) is 5.69 Å². The molecule has 0 aromatic heterocycles. The van der Waals surface area contributed by atoms with Crippen molar-refractivity contribution in [1.82, 2.24) is 0 Å². The molecule has 1 heterocycles. The summed E-state index contributed by atoms with van der Waals surface area (Å²) in [6.07, 6.45) is 0.292. The summed E-state index contributed by atoms with van der Waals surface area (Å²) in [6.45, 7) is 1.85. The van der Waals surface area contributed by atoms with E-state index in [0.29, 0.717) is 18.7 Å². The van der Waals surface area contributed by atoms with Gasteiger partial charge in [-0.25, -0.2) is 4.79 Å². The molecule has 1 unspecified atom stereocenters. The van der Waals surface area contributed by atoms with Crippen molar-refractivity contribution in [1.29, 1.82) is 0 Å². The molecular formula is C14H15NO5S. The number of hydrogen-bond donors (Lipinski definition) is 2. The van der Waals surface area contributed by atoms with Crippen molar-refractivity contribution in [2.75, 3.05) is 17.2 Å². The van der Waals surface area contributed by atoms with E-state index in [1.54, 1.807) is 0 Å². The summed E-state index contributed by atoms with van der Waals surface area (Å²) in [6, 6.07) is 3.91. The van der Waals surface area contributed by atoms with Crippen LogP contribution in [0, 0.1) is 5.92 Å². The lowest BCUT2D eigenvalue weighted by Crippen LogP contribution is -2.26. The van der Waals surface area contributed by atoms with Crippen LogP contribution in [0.5, 0.6) is 5.75 Å². The van der Waals surface area contributed by atoms with E-state index >= 15 is 0 Å². The first-order valence-corrected chi connectivity index (χ1v) is 7.37. The minimum Gasteiger partial charge on any atom is -0.508 e. The van der Waals surface area contributed by atoms with Gasteiger partial charge < -0.3 is 15.1 Å². The van der Waals surface area contributed by atoms with Crippen LogP contribution < -0.4 is 4.90 Å². The third kappa shape index (κ3) is 3.55. The van der Waals surface area contributed by atoms with Crippen molar-refractivity contribution in [2.45, 2.75) is 13.3 Å². The van der Waals surface area contributed by atoms with Crippen molar-refractivity contribution < 1.29 is 24.6 Å². The Morgan fingerprint density at radius 2 is 2.14 bits per heavy atom. The number of anilines is 1. The molecule has 1 atom stereocenters. The zero-order chi connectivity index (χ0) is 15.6. The Labute approximate surface area is 125 Å². The Balaban J connectivity index is 2.21. The van der Waals surface area contributed by atoms with Gasteiger partial charge in [0.1, 0.15) is 5.75 Å². The number of aromatic carboxylic acids is 1. The molecule has 1 aliphatic rings. The lowest BCUT2D eigenvalue weighted by molar-refractivity contribution is -0.117. The maximum absolute atomic E-state index is 12.1. The molecule has 21 heavy (non-hydrogen) atoms. The number of rotatable bonds is 4. The molecule has 1 saturated heterocycles. The van der Waals surface area contributed by atoms with Crippen LogP contribution in [0.2, 0.25) is 0 Å². The largest absolute Gasteiger partial charge is 0.508 e. The average Bonchev–Trinajstić information content (AvgIpc) is 2.77. The molecule has 0 bridgehead atoms. The molecule has 1 aromatic rings.